The number of carbonyl (C=O) groups is 1. The van der Waals surface area contributed by atoms with Gasteiger partial charge in [-0.3, -0.25) is 0 Å². The fourth-order valence-electron chi connectivity index (χ4n) is 4.16. The molecule has 36 heavy (non-hydrogen) atoms. The van der Waals surface area contributed by atoms with Gasteiger partial charge in [0.25, 0.3) is 0 Å². The van der Waals surface area contributed by atoms with Gasteiger partial charge in [0.15, 0.2) is 9.84 Å². The van der Waals surface area contributed by atoms with Gasteiger partial charge in [-0.25, -0.2) is 13.2 Å². The van der Waals surface area contributed by atoms with Crippen LogP contribution < -0.4 is 10.1 Å². The van der Waals surface area contributed by atoms with E-state index in [1.54, 1.807) is 42.5 Å². The molecule has 9 heteroatoms. The molecule has 0 saturated heterocycles. The number of ether oxygens (including phenoxy) is 2. The Morgan fingerprint density at radius 2 is 1.81 bits per heavy atom. The molecule has 3 rings (SSSR count). The average molecular weight is 515 g/mol. The number of hydrogen-bond acceptors (Lipinski definition) is 8. The van der Waals surface area contributed by atoms with E-state index < -0.39 is 21.6 Å². The van der Waals surface area contributed by atoms with Crippen LogP contribution in [-0.2, 0) is 20.3 Å². The number of nitrogens with zero attached hydrogens (tertiary/aromatic N) is 1. The summed E-state index contributed by atoms with van der Waals surface area (Å²) in [6.07, 6.45) is 3.92. The van der Waals surface area contributed by atoms with Crippen LogP contribution in [0.15, 0.2) is 64.3 Å². The average Bonchev–Trinajstić information content (AvgIpc) is 3.43. The van der Waals surface area contributed by atoms with Crippen molar-refractivity contribution in [2.75, 3.05) is 45.7 Å². The summed E-state index contributed by atoms with van der Waals surface area (Å²) in [5.41, 5.74) is 2.21. The van der Waals surface area contributed by atoms with E-state index >= 15 is 0 Å². The maximum atomic E-state index is 13.6. The number of esters is 1. The largest absolute Gasteiger partial charge is 0.495 e. The zero-order chi connectivity index (χ0) is 26.1. The molecular formula is C27H34N2O6S. The second kappa shape index (κ2) is 12.6. The molecule has 0 spiro atoms. The second-order valence-electron chi connectivity index (χ2n) is 8.25. The Balaban J connectivity index is 1.92. The van der Waals surface area contributed by atoms with Crippen LogP contribution in [0.5, 0.6) is 5.75 Å². The van der Waals surface area contributed by atoms with Gasteiger partial charge in [-0.2, -0.15) is 0 Å². The monoisotopic (exact) mass is 514 g/mol. The van der Waals surface area contributed by atoms with Crippen molar-refractivity contribution in [3.05, 3.63) is 66.1 Å². The summed E-state index contributed by atoms with van der Waals surface area (Å²) in [4.78, 5) is 15.3. The van der Waals surface area contributed by atoms with Gasteiger partial charge < -0.3 is 24.1 Å². The minimum absolute atomic E-state index is 0.0759. The standard InChI is InChI=1S/C27H34N2O6S/c1-5-29(6-2)16-9-15-28-23-10-7-8-11-24(23)36(31,32)19-21-12-13-22(20-14-17-35-18-20)26(33-3)25(21)27(30)34-4/h7-8,10-14,17-18,28H,5-6,9,15-16,19H2,1-4H3. The number of anilines is 1. The molecule has 0 bridgehead atoms. The Bertz CT molecular complexity index is 1250. The quantitative estimate of drug-likeness (QED) is 0.255. The molecule has 2 aromatic carbocycles. The summed E-state index contributed by atoms with van der Waals surface area (Å²) >= 11 is 0. The normalized spacial score (nSPS) is 11.5. The SMILES string of the molecule is CCN(CC)CCCNc1ccccc1S(=O)(=O)Cc1ccc(-c2ccoc2)c(OC)c1C(=O)OC. The summed E-state index contributed by atoms with van der Waals surface area (Å²) < 4.78 is 42.9. The highest BCUT2D eigenvalue weighted by Gasteiger charge is 2.27. The Labute approximate surface area is 213 Å². The van der Waals surface area contributed by atoms with Gasteiger partial charge in [-0.1, -0.05) is 38.1 Å². The van der Waals surface area contributed by atoms with Crippen LogP contribution in [0, 0.1) is 0 Å². The number of methoxy groups -OCH3 is 2. The van der Waals surface area contributed by atoms with E-state index in [4.69, 9.17) is 13.9 Å². The predicted octanol–water partition coefficient (Wildman–Crippen LogP) is 4.86. The zero-order valence-corrected chi connectivity index (χ0v) is 22.1. The molecule has 1 heterocycles. The Morgan fingerprint density at radius 1 is 1.06 bits per heavy atom. The highest BCUT2D eigenvalue weighted by Crippen LogP contribution is 2.37. The van der Waals surface area contributed by atoms with Crippen molar-refractivity contribution < 1.29 is 27.1 Å². The van der Waals surface area contributed by atoms with Gasteiger partial charge in [-0.15, -0.1) is 0 Å². The van der Waals surface area contributed by atoms with E-state index in [2.05, 4.69) is 24.1 Å². The maximum Gasteiger partial charge on any atom is 0.341 e. The Hall–Kier alpha value is -3.30. The highest BCUT2D eigenvalue weighted by atomic mass is 32.2. The fourth-order valence-corrected chi connectivity index (χ4v) is 5.73. The molecule has 3 aromatic rings. The van der Waals surface area contributed by atoms with Crippen molar-refractivity contribution in [3.63, 3.8) is 0 Å². The van der Waals surface area contributed by atoms with Crippen LogP contribution in [0.2, 0.25) is 0 Å². The number of carbonyl (C=O) groups excluding carboxylic acids is 1. The lowest BCUT2D eigenvalue weighted by Gasteiger charge is -2.19. The van der Waals surface area contributed by atoms with Crippen molar-refractivity contribution >= 4 is 21.5 Å². The molecule has 0 aliphatic rings. The third kappa shape index (κ3) is 6.27. The molecule has 194 valence electrons. The zero-order valence-electron chi connectivity index (χ0n) is 21.2. The number of para-hydroxylation sites is 1. The number of hydrogen-bond donors (Lipinski definition) is 1. The lowest BCUT2D eigenvalue weighted by molar-refractivity contribution is 0.0596. The first-order chi connectivity index (χ1) is 17.4. The molecule has 8 nitrogen and oxygen atoms in total. The molecule has 1 aromatic heterocycles. The molecule has 0 saturated carbocycles. The molecule has 1 N–H and O–H groups in total. The molecule has 0 aliphatic heterocycles. The maximum absolute atomic E-state index is 13.6. The second-order valence-corrected chi connectivity index (χ2v) is 10.2. The Kier molecular flexibility index (Phi) is 9.55. The van der Waals surface area contributed by atoms with Crippen molar-refractivity contribution in [1.29, 1.82) is 0 Å². The van der Waals surface area contributed by atoms with Crippen molar-refractivity contribution in [2.45, 2.75) is 30.9 Å². The van der Waals surface area contributed by atoms with Crippen molar-refractivity contribution in [1.82, 2.24) is 4.90 Å². The Morgan fingerprint density at radius 3 is 2.44 bits per heavy atom. The number of nitrogens with one attached hydrogen (secondary N) is 1. The summed E-state index contributed by atoms with van der Waals surface area (Å²) in [5, 5.41) is 3.27. The molecule has 0 amide bonds. The summed E-state index contributed by atoms with van der Waals surface area (Å²) in [6, 6.07) is 11.9. The van der Waals surface area contributed by atoms with Crippen molar-refractivity contribution in [3.8, 4) is 16.9 Å². The first-order valence-corrected chi connectivity index (χ1v) is 13.6. The van der Waals surface area contributed by atoms with Gasteiger partial charge in [0, 0.05) is 17.7 Å². The van der Waals surface area contributed by atoms with Gasteiger partial charge >= 0.3 is 5.97 Å². The number of furan rings is 1. The topological polar surface area (TPSA) is 98.1 Å². The molecule has 0 atom stereocenters. The third-order valence-corrected chi connectivity index (χ3v) is 7.82. The lowest BCUT2D eigenvalue weighted by Crippen LogP contribution is -2.25. The number of benzene rings is 2. The molecular weight excluding hydrogens is 480 g/mol. The lowest BCUT2D eigenvalue weighted by atomic mass is 9.99. The molecule has 0 radical (unpaired) electrons. The van der Waals surface area contributed by atoms with Gasteiger partial charge in [0.1, 0.15) is 11.3 Å². The first-order valence-electron chi connectivity index (χ1n) is 11.9. The molecule has 0 fully saturated rings. The van der Waals surface area contributed by atoms with E-state index in [-0.39, 0.29) is 16.2 Å². The van der Waals surface area contributed by atoms with Crippen LogP contribution in [-0.4, -0.2) is 59.7 Å². The minimum Gasteiger partial charge on any atom is -0.495 e. The summed E-state index contributed by atoms with van der Waals surface area (Å²) in [5.74, 6) is -0.832. The van der Waals surface area contributed by atoms with E-state index in [1.165, 1.54) is 26.7 Å². The highest BCUT2D eigenvalue weighted by molar-refractivity contribution is 7.90. The van der Waals surface area contributed by atoms with E-state index in [0.29, 0.717) is 28.9 Å². The van der Waals surface area contributed by atoms with Crippen molar-refractivity contribution in [2.24, 2.45) is 0 Å². The van der Waals surface area contributed by atoms with Crippen LogP contribution >= 0.6 is 0 Å². The summed E-state index contributed by atoms with van der Waals surface area (Å²) in [6.45, 7) is 7.78. The van der Waals surface area contributed by atoms with Crippen LogP contribution in [0.4, 0.5) is 5.69 Å². The van der Waals surface area contributed by atoms with Crippen LogP contribution in [0.3, 0.4) is 0 Å². The van der Waals surface area contributed by atoms with E-state index in [0.717, 1.165) is 26.1 Å². The fraction of sp³-hybridized carbons (Fsp3) is 0.370. The van der Waals surface area contributed by atoms with Gasteiger partial charge in [0.2, 0.25) is 0 Å². The van der Waals surface area contributed by atoms with Gasteiger partial charge in [-0.05, 0) is 49.8 Å². The minimum atomic E-state index is -3.82. The third-order valence-electron chi connectivity index (χ3n) is 6.10. The van der Waals surface area contributed by atoms with Gasteiger partial charge in [0.05, 0.1) is 43.1 Å². The smallest absolute Gasteiger partial charge is 0.341 e. The summed E-state index contributed by atoms with van der Waals surface area (Å²) in [7, 11) is -1.13. The first kappa shape index (κ1) is 27.3. The predicted molar refractivity (Wildman–Crippen MR) is 140 cm³/mol. The molecule has 0 unspecified atom stereocenters. The van der Waals surface area contributed by atoms with Crippen LogP contribution in [0.1, 0.15) is 36.2 Å². The van der Waals surface area contributed by atoms with Crippen LogP contribution in [0.25, 0.3) is 11.1 Å². The number of rotatable bonds is 13. The number of sulfone groups is 1. The van der Waals surface area contributed by atoms with E-state index in [1.807, 2.05) is 0 Å². The molecule has 0 aliphatic carbocycles. The van der Waals surface area contributed by atoms with E-state index in [9.17, 15) is 13.2 Å².